The molecule has 0 bridgehead atoms. The number of likely N-dealkylation sites (tertiary alicyclic amines) is 1. The summed E-state index contributed by atoms with van der Waals surface area (Å²) >= 11 is 3.40. The number of halogens is 1. The van der Waals surface area contributed by atoms with Crippen molar-refractivity contribution < 1.29 is 9.90 Å². The summed E-state index contributed by atoms with van der Waals surface area (Å²) in [5.41, 5.74) is 2.50. The molecule has 3 nitrogen and oxygen atoms in total. The number of hydrogen-bond donors (Lipinski definition) is 1. The van der Waals surface area contributed by atoms with E-state index in [-0.39, 0.29) is 0 Å². The Morgan fingerprint density at radius 1 is 1.24 bits per heavy atom. The highest BCUT2D eigenvalue weighted by Gasteiger charge is 2.17. The summed E-state index contributed by atoms with van der Waals surface area (Å²) in [4.78, 5) is 12.2. The average Bonchev–Trinajstić information content (AvgIpc) is 2.33. The van der Waals surface area contributed by atoms with Gasteiger partial charge in [-0.15, -0.1) is 0 Å². The van der Waals surface area contributed by atoms with Gasteiger partial charge in [-0.3, -0.25) is 0 Å². The molecule has 1 amide bonds. The Morgan fingerprint density at radius 3 is 2.35 bits per heavy atom. The number of hydrogen-bond acceptors (Lipinski definition) is 1. The van der Waals surface area contributed by atoms with E-state index < -0.39 is 6.09 Å². The fraction of sp³-hybridized carbons (Fsp3) is 0.308. The van der Waals surface area contributed by atoms with Gasteiger partial charge in [-0.05, 0) is 30.5 Å². The average molecular weight is 296 g/mol. The third kappa shape index (κ3) is 3.33. The third-order valence-electron chi connectivity index (χ3n) is 2.92. The minimum Gasteiger partial charge on any atom is -0.465 e. The molecule has 1 fully saturated rings. The Kier molecular flexibility index (Phi) is 3.84. The zero-order valence-corrected chi connectivity index (χ0v) is 11.0. The predicted molar refractivity (Wildman–Crippen MR) is 71.0 cm³/mol. The predicted octanol–water partition coefficient (Wildman–Crippen LogP) is 3.61. The maximum atomic E-state index is 10.8. The van der Waals surface area contributed by atoms with E-state index in [9.17, 15) is 4.79 Å². The minimum absolute atomic E-state index is 0.609. The van der Waals surface area contributed by atoms with Crippen molar-refractivity contribution in [2.45, 2.75) is 12.8 Å². The zero-order chi connectivity index (χ0) is 12.3. The first-order chi connectivity index (χ1) is 8.15. The molecule has 0 unspecified atom stereocenters. The van der Waals surface area contributed by atoms with Crippen molar-refractivity contribution >= 4 is 28.1 Å². The van der Waals surface area contributed by atoms with Crippen LogP contribution in [0.2, 0.25) is 0 Å². The molecule has 1 heterocycles. The van der Waals surface area contributed by atoms with Crippen LogP contribution in [-0.4, -0.2) is 29.2 Å². The lowest BCUT2D eigenvalue weighted by Crippen LogP contribution is -2.35. The highest BCUT2D eigenvalue weighted by Crippen LogP contribution is 2.20. The van der Waals surface area contributed by atoms with Gasteiger partial charge in [-0.2, -0.15) is 0 Å². The molecule has 1 saturated heterocycles. The number of rotatable bonds is 1. The molecule has 1 N–H and O–H groups in total. The van der Waals surface area contributed by atoms with Gasteiger partial charge in [0.15, 0.2) is 0 Å². The van der Waals surface area contributed by atoms with Crippen molar-refractivity contribution in [3.05, 3.63) is 39.9 Å². The Hall–Kier alpha value is -1.29. The summed E-state index contributed by atoms with van der Waals surface area (Å²) < 4.78 is 1.07. The fourth-order valence-corrected chi connectivity index (χ4v) is 2.19. The minimum atomic E-state index is -0.812. The quantitative estimate of drug-likeness (QED) is 0.860. The van der Waals surface area contributed by atoms with Crippen LogP contribution in [0.5, 0.6) is 0 Å². The topological polar surface area (TPSA) is 40.5 Å². The fourth-order valence-electron chi connectivity index (χ4n) is 1.92. The molecule has 0 saturated carbocycles. The normalized spacial score (nSPS) is 15.8. The third-order valence-corrected chi connectivity index (χ3v) is 3.45. The Bertz CT molecular complexity index is 429. The largest absolute Gasteiger partial charge is 0.465 e. The summed E-state index contributed by atoms with van der Waals surface area (Å²) in [6, 6.07) is 8.14. The van der Waals surface area contributed by atoms with Gasteiger partial charge in [0, 0.05) is 17.6 Å². The van der Waals surface area contributed by atoms with Crippen LogP contribution in [0.4, 0.5) is 4.79 Å². The first-order valence-electron chi connectivity index (χ1n) is 5.58. The lowest BCUT2D eigenvalue weighted by Gasteiger charge is -2.25. The van der Waals surface area contributed by atoms with Crippen molar-refractivity contribution in [2.24, 2.45) is 0 Å². The van der Waals surface area contributed by atoms with Gasteiger partial charge in [-0.25, -0.2) is 4.79 Å². The summed E-state index contributed by atoms with van der Waals surface area (Å²) in [6.07, 6.45) is 3.02. The summed E-state index contributed by atoms with van der Waals surface area (Å²) in [6.45, 7) is 1.22. The number of nitrogens with zero attached hydrogens (tertiary/aromatic N) is 1. The molecular weight excluding hydrogens is 282 g/mol. The van der Waals surface area contributed by atoms with Gasteiger partial charge in [0.25, 0.3) is 0 Å². The first kappa shape index (κ1) is 12.2. The second-order valence-electron chi connectivity index (χ2n) is 4.12. The molecule has 17 heavy (non-hydrogen) atoms. The molecule has 0 aromatic heterocycles. The SMILES string of the molecule is O=C(O)N1CCC(=Cc2ccc(Br)cc2)CC1. The second-order valence-corrected chi connectivity index (χ2v) is 5.04. The number of carboxylic acid groups (broad SMARTS) is 1. The molecule has 0 aliphatic carbocycles. The van der Waals surface area contributed by atoms with Crippen LogP contribution < -0.4 is 0 Å². The standard InChI is InChI=1S/C13H14BrNO2/c14-12-3-1-10(2-4-12)9-11-5-7-15(8-6-11)13(16)17/h1-4,9H,5-8H2,(H,16,17). The van der Waals surface area contributed by atoms with Gasteiger partial charge in [0.2, 0.25) is 0 Å². The van der Waals surface area contributed by atoms with E-state index in [1.54, 1.807) is 0 Å². The van der Waals surface area contributed by atoms with Crippen molar-refractivity contribution in [3.8, 4) is 0 Å². The lowest BCUT2D eigenvalue weighted by atomic mass is 10.0. The van der Waals surface area contributed by atoms with Crippen LogP contribution in [0.3, 0.4) is 0 Å². The van der Waals surface area contributed by atoms with E-state index in [1.807, 2.05) is 12.1 Å². The second kappa shape index (κ2) is 5.36. The first-order valence-corrected chi connectivity index (χ1v) is 6.37. The summed E-state index contributed by atoms with van der Waals surface area (Å²) in [5.74, 6) is 0. The van der Waals surface area contributed by atoms with E-state index in [0.717, 1.165) is 17.3 Å². The van der Waals surface area contributed by atoms with Gasteiger partial charge < -0.3 is 10.0 Å². The van der Waals surface area contributed by atoms with Crippen molar-refractivity contribution in [3.63, 3.8) is 0 Å². The monoisotopic (exact) mass is 295 g/mol. The molecule has 0 spiro atoms. The van der Waals surface area contributed by atoms with E-state index in [2.05, 4.69) is 34.1 Å². The van der Waals surface area contributed by atoms with E-state index in [4.69, 9.17) is 5.11 Å². The van der Waals surface area contributed by atoms with Crippen molar-refractivity contribution in [1.82, 2.24) is 4.90 Å². The molecule has 0 radical (unpaired) electrons. The highest BCUT2D eigenvalue weighted by molar-refractivity contribution is 9.10. The van der Waals surface area contributed by atoms with Gasteiger partial charge in [0.1, 0.15) is 0 Å². The molecule has 1 aliphatic heterocycles. The number of amides is 1. The smallest absolute Gasteiger partial charge is 0.407 e. The zero-order valence-electron chi connectivity index (χ0n) is 9.40. The van der Waals surface area contributed by atoms with Gasteiger partial charge in [-0.1, -0.05) is 39.7 Å². The van der Waals surface area contributed by atoms with Crippen LogP contribution in [0.25, 0.3) is 6.08 Å². The van der Waals surface area contributed by atoms with Crippen molar-refractivity contribution in [2.75, 3.05) is 13.1 Å². The molecule has 0 atom stereocenters. The summed E-state index contributed by atoms with van der Waals surface area (Å²) in [5, 5.41) is 8.85. The number of benzene rings is 1. The molecule has 1 aromatic carbocycles. The Balaban J connectivity index is 2.00. The van der Waals surface area contributed by atoms with Crippen molar-refractivity contribution in [1.29, 1.82) is 0 Å². The Labute approximate surface area is 109 Å². The van der Waals surface area contributed by atoms with Crippen LogP contribution in [0.1, 0.15) is 18.4 Å². The van der Waals surface area contributed by atoms with Gasteiger partial charge in [0.05, 0.1) is 0 Å². The number of carbonyl (C=O) groups is 1. The van der Waals surface area contributed by atoms with E-state index >= 15 is 0 Å². The maximum absolute atomic E-state index is 10.8. The molecule has 4 heteroatoms. The molecular formula is C13H14BrNO2. The van der Waals surface area contributed by atoms with Crippen LogP contribution in [-0.2, 0) is 0 Å². The highest BCUT2D eigenvalue weighted by atomic mass is 79.9. The molecule has 1 aliphatic rings. The van der Waals surface area contributed by atoms with Gasteiger partial charge >= 0.3 is 6.09 Å². The lowest BCUT2D eigenvalue weighted by molar-refractivity contribution is 0.142. The van der Waals surface area contributed by atoms with Crippen LogP contribution in [0, 0.1) is 0 Å². The van der Waals surface area contributed by atoms with Crippen LogP contribution >= 0.6 is 15.9 Å². The summed E-state index contributed by atoms with van der Waals surface area (Å²) in [7, 11) is 0. The van der Waals surface area contributed by atoms with E-state index in [1.165, 1.54) is 16.0 Å². The maximum Gasteiger partial charge on any atom is 0.407 e. The van der Waals surface area contributed by atoms with E-state index in [0.29, 0.717) is 13.1 Å². The Morgan fingerprint density at radius 2 is 1.82 bits per heavy atom. The molecule has 2 rings (SSSR count). The molecule has 1 aromatic rings. The molecule has 90 valence electrons. The van der Waals surface area contributed by atoms with Crippen LogP contribution in [0.15, 0.2) is 34.3 Å². The number of piperidine rings is 1.